The summed E-state index contributed by atoms with van der Waals surface area (Å²) in [6.45, 7) is 0.226. The summed E-state index contributed by atoms with van der Waals surface area (Å²) in [4.78, 5) is 16.1. The second kappa shape index (κ2) is 5.10. The molecule has 0 aliphatic carbocycles. The number of hydrogen-bond donors (Lipinski definition) is 0. The summed E-state index contributed by atoms with van der Waals surface area (Å²) >= 11 is 0. The molecule has 0 saturated heterocycles. The van der Waals surface area contributed by atoms with Crippen LogP contribution in [0.3, 0.4) is 0 Å². The van der Waals surface area contributed by atoms with E-state index < -0.39 is 0 Å². The van der Waals surface area contributed by atoms with Gasteiger partial charge in [-0.1, -0.05) is 0 Å². The summed E-state index contributed by atoms with van der Waals surface area (Å²) in [6.07, 6.45) is 4.67. The lowest BCUT2D eigenvalue weighted by Crippen LogP contribution is -2.01. The number of aryl methyl sites for hydroxylation is 1. The van der Waals surface area contributed by atoms with Gasteiger partial charge in [0, 0.05) is 24.4 Å². The van der Waals surface area contributed by atoms with E-state index in [9.17, 15) is 4.79 Å². The fourth-order valence-corrected chi connectivity index (χ4v) is 2.02. The Kier molecular flexibility index (Phi) is 3.14. The van der Waals surface area contributed by atoms with Crippen LogP contribution in [0.2, 0.25) is 0 Å². The van der Waals surface area contributed by atoms with Gasteiger partial charge in [-0.25, -0.2) is 0 Å². The molecular formula is C15H13NO3. The van der Waals surface area contributed by atoms with Crippen molar-refractivity contribution in [3.63, 3.8) is 0 Å². The number of benzene rings is 1. The van der Waals surface area contributed by atoms with Crippen LogP contribution in [0.25, 0.3) is 0 Å². The van der Waals surface area contributed by atoms with Gasteiger partial charge in [0.1, 0.15) is 0 Å². The Morgan fingerprint density at radius 3 is 2.74 bits per heavy atom. The molecule has 0 spiro atoms. The highest BCUT2D eigenvalue weighted by Crippen LogP contribution is 2.32. The first-order chi connectivity index (χ1) is 9.33. The Morgan fingerprint density at radius 2 is 1.89 bits per heavy atom. The molecule has 0 fully saturated rings. The molecule has 4 nitrogen and oxygen atoms in total. The molecule has 2 aromatic rings. The second-order valence-electron chi connectivity index (χ2n) is 4.35. The van der Waals surface area contributed by atoms with E-state index in [2.05, 4.69) is 4.98 Å². The van der Waals surface area contributed by atoms with Crippen molar-refractivity contribution in [3.8, 4) is 11.5 Å². The maximum atomic E-state index is 12.1. The lowest BCUT2D eigenvalue weighted by atomic mass is 10.0. The highest BCUT2D eigenvalue weighted by atomic mass is 16.7. The van der Waals surface area contributed by atoms with Gasteiger partial charge in [0.25, 0.3) is 0 Å². The van der Waals surface area contributed by atoms with Crippen molar-refractivity contribution in [1.82, 2.24) is 4.98 Å². The molecule has 0 N–H and O–H groups in total. The van der Waals surface area contributed by atoms with E-state index in [0.29, 0.717) is 23.5 Å². The van der Waals surface area contributed by atoms with Crippen molar-refractivity contribution >= 4 is 5.78 Å². The largest absolute Gasteiger partial charge is 0.454 e. The van der Waals surface area contributed by atoms with E-state index in [0.717, 1.165) is 12.0 Å². The fraction of sp³-hybridized carbons (Fsp3) is 0.200. The van der Waals surface area contributed by atoms with E-state index in [-0.39, 0.29) is 12.6 Å². The van der Waals surface area contributed by atoms with Crippen molar-refractivity contribution in [1.29, 1.82) is 0 Å². The number of carbonyl (C=O) groups is 1. The molecule has 1 aromatic heterocycles. The number of carbonyl (C=O) groups excluding carboxylic acids is 1. The molecule has 0 saturated carbocycles. The lowest BCUT2D eigenvalue weighted by molar-refractivity contribution is 0.0982. The molecule has 1 aromatic carbocycles. The quantitative estimate of drug-likeness (QED) is 0.788. The Morgan fingerprint density at radius 1 is 1.11 bits per heavy atom. The van der Waals surface area contributed by atoms with Crippen LogP contribution in [0.4, 0.5) is 0 Å². The zero-order valence-corrected chi connectivity index (χ0v) is 10.3. The summed E-state index contributed by atoms with van der Waals surface area (Å²) in [5.41, 5.74) is 1.78. The number of Topliss-reactive ketones (excluding diaryl/α,β-unsaturated/α-hetero) is 1. The molecule has 1 aliphatic heterocycles. The number of pyridine rings is 1. The van der Waals surface area contributed by atoms with Crippen molar-refractivity contribution < 1.29 is 14.3 Å². The Hall–Kier alpha value is -2.36. The SMILES string of the molecule is O=C(CCc1ccncc1)c1ccc2c(c1)OCO2. The van der Waals surface area contributed by atoms with Crippen LogP contribution in [0, 0.1) is 0 Å². The maximum Gasteiger partial charge on any atom is 0.231 e. The first kappa shape index (κ1) is 11.7. The molecular weight excluding hydrogens is 242 g/mol. The first-order valence-electron chi connectivity index (χ1n) is 6.15. The summed E-state index contributed by atoms with van der Waals surface area (Å²) in [5, 5.41) is 0. The molecule has 4 heteroatoms. The molecule has 0 radical (unpaired) electrons. The molecule has 1 aliphatic rings. The fourth-order valence-electron chi connectivity index (χ4n) is 2.02. The van der Waals surface area contributed by atoms with Crippen LogP contribution < -0.4 is 9.47 Å². The molecule has 0 unspecified atom stereocenters. The van der Waals surface area contributed by atoms with Gasteiger partial charge in [-0.05, 0) is 42.3 Å². The molecule has 2 heterocycles. The van der Waals surface area contributed by atoms with Crippen LogP contribution in [-0.4, -0.2) is 17.6 Å². The van der Waals surface area contributed by atoms with Gasteiger partial charge in [0.05, 0.1) is 0 Å². The van der Waals surface area contributed by atoms with Gasteiger partial charge in [-0.2, -0.15) is 0 Å². The number of nitrogens with zero attached hydrogens (tertiary/aromatic N) is 1. The Labute approximate surface area is 111 Å². The minimum atomic E-state index is 0.107. The predicted molar refractivity (Wildman–Crippen MR) is 69.5 cm³/mol. The van der Waals surface area contributed by atoms with Gasteiger partial charge < -0.3 is 9.47 Å². The van der Waals surface area contributed by atoms with Gasteiger partial charge in [-0.15, -0.1) is 0 Å². The van der Waals surface area contributed by atoms with E-state index in [1.54, 1.807) is 30.6 Å². The third-order valence-corrected chi connectivity index (χ3v) is 3.08. The van der Waals surface area contributed by atoms with Crippen molar-refractivity contribution in [2.45, 2.75) is 12.8 Å². The molecule has 19 heavy (non-hydrogen) atoms. The number of hydrogen-bond acceptors (Lipinski definition) is 4. The standard InChI is InChI=1S/C15H13NO3/c17-13(3-1-11-5-7-16-8-6-11)12-2-4-14-15(9-12)19-10-18-14/h2,4-9H,1,3,10H2. The van der Waals surface area contributed by atoms with Crippen LogP contribution in [0.1, 0.15) is 22.3 Å². The van der Waals surface area contributed by atoms with Gasteiger partial charge in [-0.3, -0.25) is 9.78 Å². The summed E-state index contributed by atoms with van der Waals surface area (Å²) in [6, 6.07) is 9.15. The van der Waals surface area contributed by atoms with E-state index in [4.69, 9.17) is 9.47 Å². The number of ether oxygens (including phenoxy) is 2. The van der Waals surface area contributed by atoms with Crippen LogP contribution in [0.5, 0.6) is 11.5 Å². The Bertz CT molecular complexity index is 596. The molecule has 0 bridgehead atoms. The number of aromatic nitrogens is 1. The lowest BCUT2D eigenvalue weighted by Gasteiger charge is -2.03. The summed E-state index contributed by atoms with van der Waals surface area (Å²) in [7, 11) is 0. The van der Waals surface area contributed by atoms with Gasteiger partial charge >= 0.3 is 0 Å². The highest BCUT2D eigenvalue weighted by molar-refractivity contribution is 5.96. The zero-order chi connectivity index (χ0) is 13.1. The van der Waals surface area contributed by atoms with Crippen LogP contribution in [0.15, 0.2) is 42.7 Å². The second-order valence-corrected chi connectivity index (χ2v) is 4.35. The number of rotatable bonds is 4. The van der Waals surface area contributed by atoms with Crippen molar-refractivity contribution in [2.75, 3.05) is 6.79 Å². The summed E-state index contributed by atoms with van der Waals surface area (Å²) in [5.74, 6) is 1.45. The average molecular weight is 255 g/mol. The molecule has 0 atom stereocenters. The summed E-state index contributed by atoms with van der Waals surface area (Å²) < 4.78 is 10.5. The third kappa shape index (κ3) is 2.57. The third-order valence-electron chi connectivity index (χ3n) is 3.08. The molecule has 96 valence electrons. The van der Waals surface area contributed by atoms with Gasteiger partial charge in [0.2, 0.25) is 6.79 Å². The van der Waals surface area contributed by atoms with E-state index >= 15 is 0 Å². The van der Waals surface area contributed by atoms with Gasteiger partial charge in [0.15, 0.2) is 17.3 Å². The predicted octanol–water partition coefficient (Wildman–Crippen LogP) is 2.63. The van der Waals surface area contributed by atoms with Crippen LogP contribution >= 0.6 is 0 Å². The smallest absolute Gasteiger partial charge is 0.231 e. The van der Waals surface area contributed by atoms with Crippen molar-refractivity contribution in [3.05, 3.63) is 53.9 Å². The monoisotopic (exact) mass is 255 g/mol. The molecule has 0 amide bonds. The maximum absolute atomic E-state index is 12.1. The molecule has 3 rings (SSSR count). The number of ketones is 1. The number of fused-ring (bicyclic) bond motifs is 1. The normalized spacial score (nSPS) is 12.4. The zero-order valence-electron chi connectivity index (χ0n) is 10.3. The van der Waals surface area contributed by atoms with Crippen LogP contribution in [-0.2, 0) is 6.42 Å². The average Bonchev–Trinajstić information content (AvgIpc) is 2.93. The topological polar surface area (TPSA) is 48.4 Å². The highest BCUT2D eigenvalue weighted by Gasteiger charge is 2.15. The first-order valence-corrected chi connectivity index (χ1v) is 6.15. The minimum Gasteiger partial charge on any atom is -0.454 e. The Balaban J connectivity index is 1.67. The van der Waals surface area contributed by atoms with E-state index in [1.807, 2.05) is 12.1 Å². The minimum absolute atomic E-state index is 0.107. The van der Waals surface area contributed by atoms with Crippen molar-refractivity contribution in [2.24, 2.45) is 0 Å². The van der Waals surface area contributed by atoms with E-state index in [1.165, 1.54) is 0 Å².